The molecule has 0 fully saturated rings. The number of furan rings is 1. The number of aromatic hydroxyl groups is 1. The van der Waals surface area contributed by atoms with Crippen molar-refractivity contribution in [3.05, 3.63) is 40.2 Å². The second kappa shape index (κ2) is 9.28. The van der Waals surface area contributed by atoms with E-state index in [1.54, 1.807) is 10.8 Å². The maximum atomic E-state index is 10.0. The lowest BCUT2D eigenvalue weighted by molar-refractivity contribution is 0.216. The van der Waals surface area contributed by atoms with Gasteiger partial charge in [0.15, 0.2) is 11.5 Å². The number of fused-ring (bicyclic) bond motifs is 1. The van der Waals surface area contributed by atoms with Gasteiger partial charge in [-0.15, -0.1) is 11.3 Å². The molecule has 3 rings (SSSR count). The summed E-state index contributed by atoms with van der Waals surface area (Å²) < 4.78 is 22.1. The highest BCUT2D eigenvalue weighted by Gasteiger charge is 2.21. The number of nitrogens with zero attached hydrogens (tertiary/aromatic N) is 1. The van der Waals surface area contributed by atoms with Gasteiger partial charge in [0.1, 0.15) is 11.2 Å². The molecule has 2 unspecified atom stereocenters. The minimum atomic E-state index is -2.84. The molecule has 0 aliphatic rings. The second-order valence-corrected chi connectivity index (χ2v) is 9.08. The van der Waals surface area contributed by atoms with E-state index >= 15 is 0 Å². The van der Waals surface area contributed by atoms with Gasteiger partial charge in [-0.3, -0.25) is 4.57 Å². The largest absolute Gasteiger partial charge is 0.504 e. The Morgan fingerprint density at radius 2 is 1.93 bits per heavy atom. The average Bonchev–Trinajstić information content (AvgIpc) is 3.19. The smallest absolute Gasteiger partial charge is 0.344 e. The van der Waals surface area contributed by atoms with E-state index in [4.69, 9.17) is 30.9 Å². The van der Waals surface area contributed by atoms with E-state index in [1.807, 2.05) is 17.5 Å². The zero-order valence-electron chi connectivity index (χ0n) is 13.1. The van der Waals surface area contributed by atoms with Crippen molar-refractivity contribution in [2.24, 2.45) is 0 Å². The topological polar surface area (TPSA) is 147 Å². The first-order valence-electron chi connectivity index (χ1n) is 6.91. The van der Waals surface area contributed by atoms with Gasteiger partial charge in [-0.1, -0.05) is 12.2 Å². The van der Waals surface area contributed by atoms with Crippen LogP contribution in [0.3, 0.4) is 0 Å². The van der Waals surface area contributed by atoms with E-state index in [0.29, 0.717) is 4.64 Å². The van der Waals surface area contributed by atoms with E-state index in [2.05, 4.69) is 8.62 Å². The third-order valence-electron chi connectivity index (χ3n) is 3.11. The summed E-state index contributed by atoms with van der Waals surface area (Å²) in [5, 5.41) is 12.9. The monoisotopic (exact) mass is 471 g/mol. The van der Waals surface area contributed by atoms with Gasteiger partial charge in [-0.2, -0.15) is 0 Å². The van der Waals surface area contributed by atoms with E-state index in [9.17, 15) is 14.9 Å². The van der Waals surface area contributed by atoms with Crippen LogP contribution in [0, 0.1) is 4.64 Å². The fourth-order valence-electron chi connectivity index (χ4n) is 2.03. The summed E-state index contributed by atoms with van der Waals surface area (Å²) in [5.74, 6) is 0.0324. The Balaban J connectivity index is 1.69. The number of aromatic nitrogens is 1. The van der Waals surface area contributed by atoms with Crippen molar-refractivity contribution < 1.29 is 42.2 Å². The van der Waals surface area contributed by atoms with Crippen LogP contribution in [0.5, 0.6) is 5.75 Å². The summed E-state index contributed by atoms with van der Waals surface area (Å²) in [6.07, 6.45) is 1.71. The molecule has 3 aromatic rings. The fourth-order valence-corrected chi connectivity index (χ4v) is 5.05. The van der Waals surface area contributed by atoms with Crippen LogP contribution in [0.25, 0.3) is 16.0 Å². The summed E-state index contributed by atoms with van der Waals surface area (Å²) in [6, 6.07) is 5.15. The van der Waals surface area contributed by atoms with Crippen molar-refractivity contribution in [3.63, 3.8) is 0 Å². The van der Waals surface area contributed by atoms with Gasteiger partial charge in [0.2, 0.25) is 5.88 Å². The van der Waals surface area contributed by atoms with E-state index in [0.717, 1.165) is 10.1 Å². The van der Waals surface area contributed by atoms with Crippen LogP contribution in [-0.4, -0.2) is 29.2 Å². The zero-order valence-corrected chi connectivity index (χ0v) is 17.4. The molecule has 0 bridgehead atoms. The maximum Gasteiger partial charge on any atom is 0.344 e. The van der Waals surface area contributed by atoms with Crippen molar-refractivity contribution in [1.29, 1.82) is 0 Å². The van der Waals surface area contributed by atoms with Crippen LogP contribution in [0.2, 0.25) is 0 Å². The first-order valence-corrected chi connectivity index (χ1v) is 11.6. The lowest BCUT2D eigenvalue weighted by Crippen LogP contribution is -1.94. The van der Waals surface area contributed by atoms with Gasteiger partial charge in [0.25, 0.3) is 0 Å². The van der Waals surface area contributed by atoms with E-state index in [1.165, 1.54) is 17.4 Å². The number of rotatable bonds is 8. The Bertz CT molecular complexity index is 975. The third-order valence-corrected chi connectivity index (χ3v) is 7.19. The summed E-state index contributed by atoms with van der Waals surface area (Å²) in [4.78, 5) is 35.9. The molecule has 5 N–H and O–H groups in total. The van der Waals surface area contributed by atoms with Crippen LogP contribution < -0.4 is 0 Å². The van der Waals surface area contributed by atoms with Crippen LogP contribution in [0.15, 0.2) is 34.2 Å². The molecule has 0 aliphatic carbocycles. The summed E-state index contributed by atoms with van der Waals surface area (Å²) in [7, 11) is -8.17. The molecule has 3 aromatic heterocycles. The second-order valence-electron chi connectivity index (χ2n) is 4.75. The number of thiophene rings is 1. The molecule has 2 atom stereocenters. The number of hydrogen-bond donors (Lipinski definition) is 5. The normalized spacial score (nSPS) is 14.1. The molecule has 15 heteroatoms. The average molecular weight is 471 g/mol. The number of pyridine rings is 1. The van der Waals surface area contributed by atoms with Gasteiger partial charge in [0.05, 0.1) is 4.70 Å². The molecule has 0 radical (unpaired) electrons. The van der Waals surface area contributed by atoms with Gasteiger partial charge in [0, 0.05) is 12.3 Å². The summed E-state index contributed by atoms with van der Waals surface area (Å²) >= 11 is 6.92. The molecule has 0 aromatic carbocycles. The predicted octanol–water partition coefficient (Wildman–Crippen LogP) is 3.92. The Morgan fingerprint density at radius 1 is 1.15 bits per heavy atom. The molecule has 0 spiro atoms. The van der Waals surface area contributed by atoms with E-state index in [-0.39, 0.29) is 24.0 Å². The Morgan fingerprint density at radius 3 is 2.67 bits per heavy atom. The molecule has 0 saturated carbocycles. The lowest BCUT2D eigenvalue weighted by Gasteiger charge is -2.13. The van der Waals surface area contributed by atoms with Crippen molar-refractivity contribution in [1.82, 2.24) is 4.57 Å². The molecule has 27 heavy (non-hydrogen) atoms. The SMILES string of the molecule is Oc1cc(-n2ccc3ccsc3c2=S)oc1COP(O)OP(O)OP(O)O. The Hall–Kier alpha value is -0.580. The highest BCUT2D eigenvalue weighted by Crippen LogP contribution is 2.55. The van der Waals surface area contributed by atoms with Crippen molar-refractivity contribution in [2.45, 2.75) is 6.61 Å². The van der Waals surface area contributed by atoms with Crippen molar-refractivity contribution in [2.75, 3.05) is 0 Å². The minimum absolute atomic E-state index is 0.00178. The molecule has 0 aliphatic heterocycles. The molecule has 0 saturated heterocycles. The molecular weight excluding hydrogens is 459 g/mol. The van der Waals surface area contributed by atoms with Crippen molar-refractivity contribution in [3.8, 4) is 11.6 Å². The molecule has 146 valence electrons. The zero-order chi connectivity index (χ0) is 19.6. The van der Waals surface area contributed by atoms with E-state index < -0.39 is 25.8 Å². The predicted molar refractivity (Wildman–Crippen MR) is 103 cm³/mol. The minimum Gasteiger partial charge on any atom is -0.504 e. The Kier molecular flexibility index (Phi) is 7.26. The van der Waals surface area contributed by atoms with Crippen LogP contribution in [0.1, 0.15) is 5.76 Å². The van der Waals surface area contributed by atoms with Crippen LogP contribution >= 0.6 is 49.4 Å². The first kappa shape index (κ1) is 21.1. The van der Waals surface area contributed by atoms with Gasteiger partial charge in [-0.05, 0) is 22.9 Å². The number of hydrogen-bond acceptors (Lipinski definition) is 11. The van der Waals surface area contributed by atoms with Crippen LogP contribution in [-0.2, 0) is 19.8 Å². The lowest BCUT2D eigenvalue weighted by atomic mass is 10.3. The Labute approximate surface area is 164 Å². The van der Waals surface area contributed by atoms with Crippen molar-refractivity contribution >= 4 is 59.4 Å². The van der Waals surface area contributed by atoms with Crippen LogP contribution in [0.4, 0.5) is 0 Å². The van der Waals surface area contributed by atoms with Gasteiger partial charge in [-0.25, -0.2) is 8.62 Å². The first-order chi connectivity index (χ1) is 12.8. The van der Waals surface area contributed by atoms with Gasteiger partial charge >= 0.3 is 25.8 Å². The molecule has 0 amide bonds. The quantitative estimate of drug-likeness (QED) is 0.242. The highest BCUT2D eigenvalue weighted by molar-refractivity contribution is 7.71. The maximum absolute atomic E-state index is 10.0. The molecule has 3 heterocycles. The fraction of sp³-hybridized carbons (Fsp3) is 0.0833. The van der Waals surface area contributed by atoms with Gasteiger partial charge < -0.3 is 33.6 Å². The molecular formula is C12H12NO9P3S2. The summed E-state index contributed by atoms with van der Waals surface area (Å²) in [5.41, 5.74) is 0. The summed E-state index contributed by atoms with van der Waals surface area (Å²) in [6.45, 7) is -0.376. The highest BCUT2D eigenvalue weighted by atomic mass is 32.1. The third kappa shape index (κ3) is 5.27. The standard InChI is InChI=1S/C12H12NO9P3S2/c14-8-5-10(13-3-1-7-2-4-27-11(7)12(13)26)20-9(8)6-19-24(17)22-25(18)21-23(15)16/h1-5,14-18H,6H2. The molecule has 10 nitrogen and oxygen atoms in total.